The largest absolute Gasteiger partial charge is 0.466 e. The van der Waals surface area contributed by atoms with E-state index in [-0.39, 0.29) is 35.4 Å². The molecule has 0 aromatic carbocycles. The first-order valence-corrected chi connectivity index (χ1v) is 8.96. The molecular formula is C21H28O5. The van der Waals surface area contributed by atoms with Crippen molar-refractivity contribution in [2.24, 2.45) is 17.3 Å². The van der Waals surface area contributed by atoms with Crippen LogP contribution in [0.5, 0.6) is 0 Å². The van der Waals surface area contributed by atoms with Crippen LogP contribution in [0.3, 0.4) is 0 Å². The van der Waals surface area contributed by atoms with Crippen molar-refractivity contribution < 1.29 is 23.9 Å². The normalized spacial score (nSPS) is 27.8. The summed E-state index contributed by atoms with van der Waals surface area (Å²) in [4.78, 5) is 36.4. The highest BCUT2D eigenvalue weighted by Gasteiger charge is 2.62. The molecule has 0 saturated heterocycles. The van der Waals surface area contributed by atoms with Gasteiger partial charge >= 0.3 is 11.9 Å². The van der Waals surface area contributed by atoms with Crippen LogP contribution in [0.15, 0.2) is 34.9 Å². The molecule has 1 fully saturated rings. The van der Waals surface area contributed by atoms with Crippen LogP contribution in [-0.2, 0) is 23.9 Å². The Morgan fingerprint density at radius 2 is 1.96 bits per heavy atom. The molecule has 3 atom stereocenters. The molecule has 0 spiro atoms. The predicted octanol–water partition coefficient (Wildman–Crippen LogP) is 3.55. The van der Waals surface area contributed by atoms with Gasteiger partial charge in [-0.15, -0.1) is 0 Å². The number of carbonyl (C=O) groups is 3. The molecule has 0 amide bonds. The lowest BCUT2D eigenvalue weighted by atomic mass is 10.1. The average molecular weight is 360 g/mol. The molecule has 0 radical (unpaired) electrons. The second-order valence-electron chi connectivity index (χ2n) is 7.65. The van der Waals surface area contributed by atoms with E-state index in [2.05, 4.69) is 0 Å². The molecule has 0 unspecified atom stereocenters. The van der Waals surface area contributed by atoms with Gasteiger partial charge in [0.1, 0.15) is 6.10 Å². The summed E-state index contributed by atoms with van der Waals surface area (Å²) in [5, 5.41) is 0. The number of Topliss-reactive ketones (excluding diaryl/α,β-unsaturated/α-hetero) is 1. The first kappa shape index (κ1) is 20.1. The van der Waals surface area contributed by atoms with Crippen LogP contribution in [0.1, 0.15) is 47.5 Å². The Hall–Kier alpha value is -2.17. The van der Waals surface area contributed by atoms with E-state index >= 15 is 0 Å². The Labute approximate surface area is 155 Å². The number of ether oxygens (including phenoxy) is 2. The Balaban J connectivity index is 2.08. The van der Waals surface area contributed by atoms with Crippen molar-refractivity contribution in [3.05, 3.63) is 34.9 Å². The number of methoxy groups -OCH3 is 1. The van der Waals surface area contributed by atoms with Gasteiger partial charge in [0.15, 0.2) is 5.78 Å². The highest BCUT2D eigenvalue weighted by molar-refractivity contribution is 6.00. The first-order chi connectivity index (χ1) is 12.1. The zero-order chi connectivity index (χ0) is 19.6. The summed E-state index contributed by atoms with van der Waals surface area (Å²) in [5.41, 5.74) is 1.80. The van der Waals surface area contributed by atoms with Gasteiger partial charge in [-0.2, -0.15) is 0 Å². The lowest BCUT2D eigenvalue weighted by Gasteiger charge is -2.13. The maximum absolute atomic E-state index is 12.7. The fourth-order valence-corrected chi connectivity index (χ4v) is 3.65. The van der Waals surface area contributed by atoms with Crippen molar-refractivity contribution in [3.63, 3.8) is 0 Å². The molecule has 1 saturated carbocycles. The molecule has 2 aliphatic rings. The van der Waals surface area contributed by atoms with Gasteiger partial charge in [0.25, 0.3) is 0 Å². The second-order valence-corrected chi connectivity index (χ2v) is 7.65. The van der Waals surface area contributed by atoms with Gasteiger partial charge in [-0.3, -0.25) is 9.59 Å². The van der Waals surface area contributed by atoms with Crippen LogP contribution >= 0.6 is 0 Å². The lowest BCUT2D eigenvalue weighted by Crippen LogP contribution is -2.20. The number of allylic oxidation sites excluding steroid dienone is 4. The fraction of sp³-hybridized carbons (Fsp3) is 0.571. The number of rotatable bonds is 6. The molecule has 26 heavy (non-hydrogen) atoms. The third kappa shape index (κ3) is 3.81. The quantitative estimate of drug-likeness (QED) is 0.412. The smallest absolute Gasteiger partial charge is 0.333 e. The van der Waals surface area contributed by atoms with Crippen LogP contribution in [-0.4, -0.2) is 30.9 Å². The molecule has 0 aliphatic heterocycles. The lowest BCUT2D eigenvalue weighted by molar-refractivity contribution is -0.150. The van der Waals surface area contributed by atoms with E-state index in [4.69, 9.17) is 9.47 Å². The van der Waals surface area contributed by atoms with E-state index in [9.17, 15) is 14.4 Å². The summed E-state index contributed by atoms with van der Waals surface area (Å²) >= 11 is 0. The number of ketones is 1. The molecule has 0 heterocycles. The summed E-state index contributed by atoms with van der Waals surface area (Å²) in [6.07, 6.45) is 5.95. The van der Waals surface area contributed by atoms with Gasteiger partial charge in [0.05, 0.1) is 19.4 Å². The Morgan fingerprint density at radius 3 is 2.54 bits per heavy atom. The van der Waals surface area contributed by atoms with Crippen molar-refractivity contribution >= 4 is 17.7 Å². The van der Waals surface area contributed by atoms with Gasteiger partial charge in [0.2, 0.25) is 0 Å². The highest BCUT2D eigenvalue weighted by atomic mass is 16.5. The zero-order valence-corrected chi connectivity index (χ0v) is 16.4. The van der Waals surface area contributed by atoms with Crippen LogP contribution in [0.2, 0.25) is 0 Å². The van der Waals surface area contributed by atoms with Crippen LogP contribution < -0.4 is 0 Å². The van der Waals surface area contributed by atoms with Crippen LogP contribution in [0.4, 0.5) is 0 Å². The maximum atomic E-state index is 12.7. The summed E-state index contributed by atoms with van der Waals surface area (Å²) in [5.74, 6) is -1.04. The van der Waals surface area contributed by atoms with Gasteiger partial charge in [-0.1, -0.05) is 32.1 Å². The SMILES string of the molecule is C/C=C/CC1=C(C)[C@@H](OC(=O)[C@@H]2[C@@H](/C=C(/C)C(=O)OC)C2(C)C)CC1=O. The molecule has 0 aromatic heterocycles. The Bertz CT molecular complexity index is 708. The monoisotopic (exact) mass is 360 g/mol. The first-order valence-electron chi connectivity index (χ1n) is 8.96. The topological polar surface area (TPSA) is 69.7 Å². The third-order valence-corrected chi connectivity index (χ3v) is 5.58. The molecular weight excluding hydrogens is 332 g/mol. The number of hydrogen-bond donors (Lipinski definition) is 0. The standard InChI is InChI=1S/C21H28O5/c1-7-8-9-14-13(3)17(11-16(14)22)26-20(24)18-15(21(18,4)5)10-12(2)19(23)25-6/h7-8,10,15,17-18H,9,11H2,1-6H3/b8-7+,12-10-/t15-,17+,18+/m1/s1. The van der Waals surface area contributed by atoms with Gasteiger partial charge in [-0.05, 0) is 44.1 Å². The van der Waals surface area contributed by atoms with Gasteiger partial charge in [-0.25, -0.2) is 4.79 Å². The molecule has 0 bridgehead atoms. The van der Waals surface area contributed by atoms with E-state index in [0.717, 1.165) is 11.1 Å². The van der Waals surface area contributed by atoms with Crippen molar-refractivity contribution in [1.29, 1.82) is 0 Å². The van der Waals surface area contributed by atoms with Crippen LogP contribution in [0, 0.1) is 17.3 Å². The van der Waals surface area contributed by atoms with Crippen molar-refractivity contribution in [3.8, 4) is 0 Å². The van der Waals surface area contributed by atoms with Crippen molar-refractivity contribution in [2.45, 2.75) is 53.6 Å². The zero-order valence-electron chi connectivity index (χ0n) is 16.4. The van der Waals surface area contributed by atoms with Gasteiger partial charge < -0.3 is 9.47 Å². The molecule has 0 N–H and O–H groups in total. The minimum Gasteiger partial charge on any atom is -0.466 e. The number of carbonyl (C=O) groups excluding carboxylic acids is 3. The number of esters is 2. The average Bonchev–Trinajstić information content (AvgIpc) is 3.01. The summed E-state index contributed by atoms with van der Waals surface area (Å²) < 4.78 is 10.4. The Morgan fingerprint density at radius 1 is 1.31 bits per heavy atom. The van der Waals surface area contributed by atoms with E-state index in [1.807, 2.05) is 39.8 Å². The maximum Gasteiger partial charge on any atom is 0.333 e. The van der Waals surface area contributed by atoms with E-state index in [1.54, 1.807) is 13.0 Å². The third-order valence-electron chi connectivity index (χ3n) is 5.58. The van der Waals surface area contributed by atoms with Crippen molar-refractivity contribution in [1.82, 2.24) is 0 Å². The summed E-state index contributed by atoms with van der Waals surface area (Å²) in [6, 6.07) is 0. The van der Waals surface area contributed by atoms with Crippen molar-refractivity contribution in [2.75, 3.05) is 7.11 Å². The predicted molar refractivity (Wildman–Crippen MR) is 98.2 cm³/mol. The molecule has 142 valence electrons. The van der Waals surface area contributed by atoms with E-state index in [1.165, 1.54) is 7.11 Å². The molecule has 0 aromatic rings. The highest BCUT2D eigenvalue weighted by Crippen LogP contribution is 2.60. The summed E-state index contributed by atoms with van der Waals surface area (Å²) in [6.45, 7) is 9.40. The molecule has 2 aliphatic carbocycles. The molecule has 5 heteroatoms. The van der Waals surface area contributed by atoms with Gasteiger partial charge in [0, 0.05) is 11.1 Å². The van der Waals surface area contributed by atoms with E-state index < -0.39 is 12.1 Å². The van der Waals surface area contributed by atoms with E-state index in [0.29, 0.717) is 12.0 Å². The van der Waals surface area contributed by atoms with Crippen LogP contribution in [0.25, 0.3) is 0 Å². The number of hydrogen-bond acceptors (Lipinski definition) is 5. The molecule has 5 nitrogen and oxygen atoms in total. The summed E-state index contributed by atoms with van der Waals surface area (Å²) in [7, 11) is 1.33. The Kier molecular flexibility index (Phi) is 5.89. The second kappa shape index (κ2) is 7.60. The molecule has 2 rings (SSSR count). The minimum absolute atomic E-state index is 0.0476. The minimum atomic E-state index is -0.474. The fourth-order valence-electron chi connectivity index (χ4n) is 3.65.